The molecule has 0 bridgehead atoms. The predicted molar refractivity (Wildman–Crippen MR) is 102 cm³/mol. The van der Waals surface area contributed by atoms with Gasteiger partial charge in [0.15, 0.2) is 5.82 Å². The molecule has 3 N–H and O–H groups in total. The van der Waals surface area contributed by atoms with Gasteiger partial charge in [-0.3, -0.25) is 9.97 Å². The van der Waals surface area contributed by atoms with E-state index >= 15 is 0 Å². The van der Waals surface area contributed by atoms with E-state index in [2.05, 4.69) is 29.8 Å². The molecular formula is C19H19N7. The predicted octanol–water partition coefficient (Wildman–Crippen LogP) is 3.02. The minimum Gasteiger partial charge on any atom is -0.368 e. The third-order valence-electron chi connectivity index (χ3n) is 4.17. The van der Waals surface area contributed by atoms with Crippen molar-refractivity contribution in [2.45, 2.75) is 19.5 Å². The molecule has 0 aliphatic rings. The summed E-state index contributed by atoms with van der Waals surface area (Å²) in [5.41, 5.74) is 9.49. The van der Waals surface area contributed by atoms with Gasteiger partial charge in [-0.2, -0.15) is 4.98 Å². The minimum atomic E-state index is -0.0214. The van der Waals surface area contributed by atoms with Crippen LogP contribution in [0.2, 0.25) is 0 Å². The zero-order chi connectivity index (χ0) is 17.9. The molecule has 1 unspecified atom stereocenters. The summed E-state index contributed by atoms with van der Waals surface area (Å²) in [6.07, 6.45) is 5.54. The molecule has 0 amide bonds. The van der Waals surface area contributed by atoms with Crippen molar-refractivity contribution in [3.8, 4) is 0 Å². The number of hydrogen-bond donors (Lipinski definition) is 2. The number of rotatable bonds is 5. The maximum absolute atomic E-state index is 5.90. The van der Waals surface area contributed by atoms with Gasteiger partial charge in [0.05, 0.1) is 29.5 Å². The van der Waals surface area contributed by atoms with E-state index in [1.165, 1.54) is 0 Å². The van der Waals surface area contributed by atoms with E-state index < -0.39 is 0 Å². The minimum absolute atomic E-state index is 0.0214. The lowest BCUT2D eigenvalue weighted by Gasteiger charge is -2.16. The molecule has 0 saturated carbocycles. The smallest absolute Gasteiger partial charge is 0.222 e. The van der Waals surface area contributed by atoms with Gasteiger partial charge in [-0.25, -0.2) is 4.98 Å². The van der Waals surface area contributed by atoms with Crippen LogP contribution < -0.4 is 11.1 Å². The summed E-state index contributed by atoms with van der Waals surface area (Å²) in [6.45, 7) is 2.67. The normalized spacial score (nSPS) is 12.2. The molecule has 7 nitrogen and oxygen atoms in total. The van der Waals surface area contributed by atoms with Gasteiger partial charge in [0.1, 0.15) is 5.52 Å². The Morgan fingerprint density at radius 2 is 1.85 bits per heavy atom. The number of nitrogen functional groups attached to an aromatic ring is 1. The summed E-state index contributed by atoms with van der Waals surface area (Å²) in [5, 5.41) is 3.42. The summed E-state index contributed by atoms with van der Waals surface area (Å²) < 4.78 is 2.07. The Morgan fingerprint density at radius 1 is 1.04 bits per heavy atom. The highest BCUT2D eigenvalue weighted by Crippen LogP contribution is 2.26. The monoisotopic (exact) mass is 345 g/mol. The molecule has 0 saturated heterocycles. The average molecular weight is 345 g/mol. The molecule has 4 aromatic heterocycles. The topological polar surface area (TPSA) is 94.5 Å². The summed E-state index contributed by atoms with van der Waals surface area (Å²) in [4.78, 5) is 17.6. The lowest BCUT2D eigenvalue weighted by atomic mass is 10.2. The zero-order valence-corrected chi connectivity index (χ0v) is 14.4. The maximum atomic E-state index is 5.90. The van der Waals surface area contributed by atoms with Crippen LogP contribution in [0.15, 0.2) is 61.1 Å². The van der Waals surface area contributed by atoms with Gasteiger partial charge in [-0.1, -0.05) is 12.1 Å². The second kappa shape index (κ2) is 6.79. The Morgan fingerprint density at radius 3 is 2.58 bits per heavy atom. The fourth-order valence-corrected chi connectivity index (χ4v) is 2.93. The Hall–Kier alpha value is -3.48. The van der Waals surface area contributed by atoms with Crippen molar-refractivity contribution in [2.75, 3.05) is 11.1 Å². The third-order valence-corrected chi connectivity index (χ3v) is 4.17. The second-order valence-electron chi connectivity index (χ2n) is 6.05. The van der Waals surface area contributed by atoms with Crippen LogP contribution in [0.3, 0.4) is 0 Å². The molecule has 0 fully saturated rings. The fourth-order valence-electron chi connectivity index (χ4n) is 2.93. The summed E-state index contributed by atoms with van der Waals surface area (Å²) in [6, 6.07) is 13.6. The number of pyridine rings is 2. The van der Waals surface area contributed by atoms with Crippen molar-refractivity contribution in [3.63, 3.8) is 0 Å². The molecule has 0 radical (unpaired) electrons. The highest BCUT2D eigenvalue weighted by Gasteiger charge is 2.15. The Kier molecular flexibility index (Phi) is 4.18. The van der Waals surface area contributed by atoms with Gasteiger partial charge < -0.3 is 15.6 Å². The van der Waals surface area contributed by atoms with Gasteiger partial charge >= 0.3 is 0 Å². The van der Waals surface area contributed by atoms with Crippen LogP contribution in [0.4, 0.5) is 11.8 Å². The first-order valence-electron chi connectivity index (χ1n) is 8.40. The van der Waals surface area contributed by atoms with Crippen molar-refractivity contribution in [1.82, 2.24) is 24.5 Å². The Balaban J connectivity index is 1.72. The highest BCUT2D eigenvalue weighted by atomic mass is 15.1. The largest absolute Gasteiger partial charge is 0.368 e. The molecule has 4 rings (SSSR count). The van der Waals surface area contributed by atoms with Crippen molar-refractivity contribution >= 4 is 22.8 Å². The Bertz CT molecular complexity index is 1010. The van der Waals surface area contributed by atoms with Crippen LogP contribution in [0.25, 0.3) is 11.0 Å². The molecular weight excluding hydrogens is 326 g/mol. The molecule has 7 heteroatoms. The summed E-state index contributed by atoms with van der Waals surface area (Å²) in [7, 11) is 0. The van der Waals surface area contributed by atoms with Crippen LogP contribution in [0.5, 0.6) is 0 Å². The van der Waals surface area contributed by atoms with Crippen molar-refractivity contribution in [1.29, 1.82) is 0 Å². The highest BCUT2D eigenvalue weighted by molar-refractivity contribution is 5.87. The van der Waals surface area contributed by atoms with Gasteiger partial charge in [0.25, 0.3) is 0 Å². The Labute approximate surface area is 151 Å². The molecule has 4 heterocycles. The van der Waals surface area contributed by atoms with Crippen molar-refractivity contribution in [2.24, 2.45) is 0 Å². The first kappa shape index (κ1) is 16.0. The molecule has 0 aliphatic carbocycles. The molecule has 130 valence electrons. The van der Waals surface area contributed by atoms with Crippen molar-refractivity contribution < 1.29 is 0 Å². The number of anilines is 2. The standard InChI is InChI=1S/C19H19N7/c1-13(15-7-3-5-10-22-15)23-18-17-16(24-19(20)25-18)8-11-26(17)12-14-6-2-4-9-21-14/h2-11,13H,12H2,1H3,(H3,20,23,24,25). The van der Waals surface area contributed by atoms with E-state index in [1.54, 1.807) is 12.4 Å². The van der Waals surface area contributed by atoms with Gasteiger partial charge in [0.2, 0.25) is 5.95 Å². The average Bonchev–Trinajstić information content (AvgIpc) is 3.06. The van der Waals surface area contributed by atoms with Crippen LogP contribution in [0.1, 0.15) is 24.4 Å². The van der Waals surface area contributed by atoms with E-state index in [9.17, 15) is 0 Å². The van der Waals surface area contributed by atoms with E-state index in [0.717, 1.165) is 22.4 Å². The number of nitrogens with one attached hydrogen (secondary N) is 1. The molecule has 26 heavy (non-hydrogen) atoms. The SMILES string of the molecule is CC(Nc1nc(N)nc2ccn(Cc3ccccn3)c12)c1ccccn1. The van der Waals surface area contributed by atoms with E-state index in [4.69, 9.17) is 5.73 Å². The quantitative estimate of drug-likeness (QED) is 0.577. The number of aromatic nitrogens is 5. The first-order chi connectivity index (χ1) is 12.7. The van der Waals surface area contributed by atoms with E-state index in [1.807, 2.05) is 55.6 Å². The number of hydrogen-bond acceptors (Lipinski definition) is 6. The zero-order valence-electron chi connectivity index (χ0n) is 14.4. The first-order valence-corrected chi connectivity index (χ1v) is 8.40. The number of fused-ring (bicyclic) bond motifs is 1. The third kappa shape index (κ3) is 3.19. The summed E-state index contributed by atoms with van der Waals surface area (Å²) >= 11 is 0. The number of nitrogens with zero attached hydrogens (tertiary/aromatic N) is 5. The fraction of sp³-hybridized carbons (Fsp3) is 0.158. The van der Waals surface area contributed by atoms with E-state index in [-0.39, 0.29) is 12.0 Å². The van der Waals surface area contributed by atoms with Crippen LogP contribution in [0, 0.1) is 0 Å². The van der Waals surface area contributed by atoms with Crippen LogP contribution in [-0.2, 0) is 6.54 Å². The molecule has 1 atom stereocenters. The maximum Gasteiger partial charge on any atom is 0.222 e. The van der Waals surface area contributed by atoms with Gasteiger partial charge in [-0.05, 0) is 37.3 Å². The van der Waals surface area contributed by atoms with Gasteiger partial charge in [0, 0.05) is 18.6 Å². The second-order valence-corrected chi connectivity index (χ2v) is 6.05. The molecule has 0 spiro atoms. The molecule has 0 aliphatic heterocycles. The van der Waals surface area contributed by atoms with E-state index in [0.29, 0.717) is 12.4 Å². The molecule has 4 aromatic rings. The van der Waals surface area contributed by atoms with Crippen LogP contribution >= 0.6 is 0 Å². The lowest BCUT2D eigenvalue weighted by molar-refractivity contribution is 0.797. The van der Waals surface area contributed by atoms with Crippen molar-refractivity contribution in [3.05, 3.63) is 72.4 Å². The van der Waals surface area contributed by atoms with Gasteiger partial charge in [-0.15, -0.1) is 0 Å². The summed E-state index contributed by atoms with van der Waals surface area (Å²) in [5.74, 6) is 0.926. The lowest BCUT2D eigenvalue weighted by Crippen LogP contribution is -2.12. The van der Waals surface area contributed by atoms with Crippen LogP contribution in [-0.4, -0.2) is 24.5 Å². The number of nitrogens with two attached hydrogens (primary N) is 1. The molecule has 0 aromatic carbocycles.